The molecule has 0 bridgehead atoms. The van der Waals surface area contributed by atoms with Gasteiger partial charge in [0.1, 0.15) is 5.75 Å². The molecule has 1 aromatic rings. The zero-order chi connectivity index (χ0) is 13.5. The molecule has 1 aromatic carbocycles. The molecule has 0 heterocycles. The summed E-state index contributed by atoms with van der Waals surface area (Å²) in [7, 11) is 1.49. The second kappa shape index (κ2) is 6.61. The monoisotopic (exact) mass is 251 g/mol. The number of nitrogens with one attached hydrogen (secondary N) is 2. The molecule has 4 N–H and O–H groups in total. The van der Waals surface area contributed by atoms with Crippen molar-refractivity contribution in [3.05, 3.63) is 23.8 Å². The summed E-state index contributed by atoms with van der Waals surface area (Å²) >= 11 is 0. The maximum absolute atomic E-state index is 11.6. The molecule has 0 spiro atoms. The van der Waals surface area contributed by atoms with Gasteiger partial charge in [-0.3, -0.25) is 9.59 Å². The van der Waals surface area contributed by atoms with E-state index in [1.54, 1.807) is 12.1 Å². The molecule has 0 aliphatic carbocycles. The Bertz CT molecular complexity index is 446. The summed E-state index contributed by atoms with van der Waals surface area (Å²) in [5.74, 6) is -0.961. The lowest BCUT2D eigenvalue weighted by Gasteiger charge is -2.10. The van der Waals surface area contributed by atoms with Crippen LogP contribution < -0.4 is 21.1 Å². The molecule has 98 valence electrons. The number of hydrogen-bond donors (Lipinski definition) is 3. The van der Waals surface area contributed by atoms with Crippen molar-refractivity contribution in [2.75, 3.05) is 25.5 Å². The number of aryl methyl sites for hydroxylation is 1. The highest BCUT2D eigenvalue weighted by atomic mass is 16.5. The summed E-state index contributed by atoms with van der Waals surface area (Å²) in [6.45, 7) is 2.42. The lowest BCUT2D eigenvalue weighted by atomic mass is 10.2. The maximum atomic E-state index is 11.6. The van der Waals surface area contributed by atoms with E-state index in [2.05, 4.69) is 10.6 Å². The molecular formula is C12H17N3O3. The quantitative estimate of drug-likeness (QED) is 0.657. The van der Waals surface area contributed by atoms with Crippen LogP contribution in [0.25, 0.3) is 0 Å². The minimum absolute atomic E-state index is 0.261. The topological polar surface area (TPSA) is 93.4 Å². The number of carbonyl (C=O) groups excluding carboxylic acids is 2. The molecule has 0 radical (unpaired) electrons. The fourth-order valence-corrected chi connectivity index (χ4v) is 1.36. The Morgan fingerprint density at radius 1 is 1.33 bits per heavy atom. The van der Waals surface area contributed by atoms with Gasteiger partial charge in [0, 0.05) is 13.1 Å². The van der Waals surface area contributed by atoms with Crippen molar-refractivity contribution in [2.24, 2.45) is 5.73 Å². The number of benzene rings is 1. The van der Waals surface area contributed by atoms with Gasteiger partial charge in [-0.05, 0) is 24.6 Å². The zero-order valence-corrected chi connectivity index (χ0v) is 10.4. The molecule has 0 fully saturated rings. The molecule has 2 amide bonds. The molecule has 6 heteroatoms. The third kappa shape index (κ3) is 3.74. The van der Waals surface area contributed by atoms with Crippen LogP contribution in [-0.2, 0) is 9.59 Å². The molecular weight excluding hydrogens is 234 g/mol. The van der Waals surface area contributed by atoms with Gasteiger partial charge in [-0.1, -0.05) is 6.07 Å². The Morgan fingerprint density at radius 3 is 2.67 bits per heavy atom. The molecule has 1 rings (SSSR count). The fourth-order valence-electron chi connectivity index (χ4n) is 1.36. The number of hydrogen-bond acceptors (Lipinski definition) is 4. The Morgan fingerprint density at radius 2 is 2.06 bits per heavy atom. The molecule has 0 saturated heterocycles. The third-order valence-corrected chi connectivity index (χ3v) is 2.24. The standard InChI is InChI=1S/C12H17N3O3/c1-8-3-4-10(18-2)9(7-8)15-12(17)11(16)14-6-5-13/h3-4,7H,5-6,13H2,1-2H3,(H,14,16)(H,15,17). The number of rotatable bonds is 4. The Hall–Kier alpha value is -2.08. The van der Waals surface area contributed by atoms with Crippen molar-refractivity contribution < 1.29 is 14.3 Å². The highest BCUT2D eigenvalue weighted by Gasteiger charge is 2.15. The normalized spacial score (nSPS) is 9.72. The first-order valence-corrected chi connectivity index (χ1v) is 5.52. The molecule has 0 saturated carbocycles. The molecule has 0 aliphatic rings. The van der Waals surface area contributed by atoms with Gasteiger partial charge in [0.05, 0.1) is 12.8 Å². The number of amides is 2. The van der Waals surface area contributed by atoms with Crippen LogP contribution in [0, 0.1) is 6.92 Å². The fraction of sp³-hybridized carbons (Fsp3) is 0.333. The van der Waals surface area contributed by atoms with E-state index in [0.717, 1.165) is 5.56 Å². The summed E-state index contributed by atoms with van der Waals surface area (Å²) in [5, 5.41) is 4.88. The molecule has 0 unspecified atom stereocenters. The van der Waals surface area contributed by atoms with Gasteiger partial charge >= 0.3 is 11.8 Å². The van der Waals surface area contributed by atoms with Crippen LogP contribution in [0.3, 0.4) is 0 Å². The van der Waals surface area contributed by atoms with E-state index < -0.39 is 11.8 Å². The van der Waals surface area contributed by atoms with E-state index in [-0.39, 0.29) is 13.1 Å². The Labute approximate surface area is 105 Å². The van der Waals surface area contributed by atoms with Crippen molar-refractivity contribution in [1.29, 1.82) is 0 Å². The molecule has 0 atom stereocenters. The second-order valence-corrected chi connectivity index (χ2v) is 3.70. The lowest BCUT2D eigenvalue weighted by molar-refractivity contribution is -0.136. The Balaban J connectivity index is 2.74. The van der Waals surface area contributed by atoms with Gasteiger partial charge in [-0.2, -0.15) is 0 Å². The lowest BCUT2D eigenvalue weighted by Crippen LogP contribution is -2.38. The van der Waals surface area contributed by atoms with Crippen molar-refractivity contribution in [2.45, 2.75) is 6.92 Å². The predicted octanol–water partition coefficient (Wildman–Crippen LogP) is 0.0170. The van der Waals surface area contributed by atoms with Gasteiger partial charge in [-0.15, -0.1) is 0 Å². The molecule has 6 nitrogen and oxygen atoms in total. The Kier molecular flexibility index (Phi) is 5.13. The van der Waals surface area contributed by atoms with E-state index in [0.29, 0.717) is 11.4 Å². The number of carbonyl (C=O) groups is 2. The van der Waals surface area contributed by atoms with E-state index in [1.165, 1.54) is 7.11 Å². The molecule has 18 heavy (non-hydrogen) atoms. The third-order valence-electron chi connectivity index (χ3n) is 2.24. The minimum atomic E-state index is -0.743. The number of anilines is 1. The van der Waals surface area contributed by atoms with Gasteiger partial charge in [0.25, 0.3) is 0 Å². The highest BCUT2D eigenvalue weighted by Crippen LogP contribution is 2.24. The van der Waals surface area contributed by atoms with Crippen LogP contribution in [0.2, 0.25) is 0 Å². The van der Waals surface area contributed by atoms with E-state index in [4.69, 9.17) is 10.5 Å². The van der Waals surface area contributed by atoms with Crippen LogP contribution in [0.5, 0.6) is 5.75 Å². The summed E-state index contributed by atoms with van der Waals surface area (Å²) in [4.78, 5) is 22.9. The summed E-state index contributed by atoms with van der Waals surface area (Å²) in [6.07, 6.45) is 0. The van der Waals surface area contributed by atoms with Crippen molar-refractivity contribution in [3.8, 4) is 5.75 Å². The van der Waals surface area contributed by atoms with Gasteiger partial charge in [0.2, 0.25) is 0 Å². The van der Waals surface area contributed by atoms with Gasteiger partial charge in [-0.25, -0.2) is 0 Å². The SMILES string of the molecule is COc1ccc(C)cc1NC(=O)C(=O)NCCN. The van der Waals surface area contributed by atoms with E-state index in [9.17, 15) is 9.59 Å². The maximum Gasteiger partial charge on any atom is 0.313 e. The van der Waals surface area contributed by atoms with Crippen LogP contribution in [0.15, 0.2) is 18.2 Å². The first-order valence-electron chi connectivity index (χ1n) is 5.52. The first kappa shape index (κ1) is 14.0. The van der Waals surface area contributed by atoms with Crippen LogP contribution in [-0.4, -0.2) is 32.0 Å². The largest absolute Gasteiger partial charge is 0.495 e. The zero-order valence-electron chi connectivity index (χ0n) is 10.4. The summed E-state index contributed by atoms with van der Waals surface area (Å²) < 4.78 is 5.10. The van der Waals surface area contributed by atoms with Crippen LogP contribution in [0.1, 0.15) is 5.56 Å². The van der Waals surface area contributed by atoms with E-state index >= 15 is 0 Å². The minimum Gasteiger partial charge on any atom is -0.495 e. The molecule has 0 aromatic heterocycles. The smallest absolute Gasteiger partial charge is 0.313 e. The van der Waals surface area contributed by atoms with Gasteiger partial charge in [0.15, 0.2) is 0 Å². The number of ether oxygens (including phenoxy) is 1. The average molecular weight is 251 g/mol. The van der Waals surface area contributed by atoms with E-state index in [1.807, 2.05) is 13.0 Å². The van der Waals surface area contributed by atoms with Crippen LogP contribution >= 0.6 is 0 Å². The van der Waals surface area contributed by atoms with Crippen molar-refractivity contribution in [3.63, 3.8) is 0 Å². The van der Waals surface area contributed by atoms with Crippen molar-refractivity contribution >= 4 is 17.5 Å². The summed E-state index contributed by atoms with van der Waals surface area (Å²) in [5.41, 5.74) is 6.64. The molecule has 0 aliphatic heterocycles. The highest BCUT2D eigenvalue weighted by molar-refractivity contribution is 6.39. The number of methoxy groups -OCH3 is 1. The second-order valence-electron chi connectivity index (χ2n) is 3.70. The first-order chi connectivity index (χ1) is 8.58. The van der Waals surface area contributed by atoms with Crippen LogP contribution in [0.4, 0.5) is 5.69 Å². The summed E-state index contributed by atoms with van der Waals surface area (Å²) in [6, 6.07) is 5.30. The van der Waals surface area contributed by atoms with Crippen molar-refractivity contribution in [1.82, 2.24) is 5.32 Å². The van der Waals surface area contributed by atoms with Gasteiger partial charge < -0.3 is 21.1 Å². The number of nitrogens with two attached hydrogens (primary N) is 1. The average Bonchev–Trinajstić information content (AvgIpc) is 2.36. The predicted molar refractivity (Wildman–Crippen MR) is 68.4 cm³/mol.